The summed E-state index contributed by atoms with van der Waals surface area (Å²) in [5.74, 6) is -1.30. The Labute approximate surface area is 219 Å². The SMILES string of the molecule is C=C/C(=C\C=C(/CC)OC)OC1OC(CCP(O)Cc2c(F)cc(F)cc2F)CC(O)C1O.CC(C)C. The van der Waals surface area contributed by atoms with Crippen LogP contribution in [0, 0.1) is 23.4 Å². The van der Waals surface area contributed by atoms with Gasteiger partial charge in [0.05, 0.1) is 25.1 Å². The maximum absolute atomic E-state index is 13.8. The van der Waals surface area contributed by atoms with Crippen molar-refractivity contribution in [1.29, 1.82) is 0 Å². The van der Waals surface area contributed by atoms with Crippen LogP contribution in [0.2, 0.25) is 0 Å². The molecule has 1 heterocycles. The first-order chi connectivity index (χ1) is 17.4. The molecule has 210 valence electrons. The van der Waals surface area contributed by atoms with E-state index in [1.165, 1.54) is 6.08 Å². The summed E-state index contributed by atoms with van der Waals surface area (Å²) < 4.78 is 57.3. The number of hydrogen-bond acceptors (Lipinski definition) is 6. The number of aliphatic hydroxyl groups excluding tert-OH is 2. The first-order valence-electron chi connectivity index (χ1n) is 12.2. The summed E-state index contributed by atoms with van der Waals surface area (Å²) in [6, 6.07) is 1.14. The number of hydrogen-bond donors (Lipinski definition) is 3. The molecular formula is C27H40F3O6P. The lowest BCUT2D eigenvalue weighted by Gasteiger charge is -2.37. The molecule has 0 aliphatic carbocycles. The Balaban J connectivity index is 0.00000159. The minimum atomic E-state index is -1.82. The largest absolute Gasteiger partial charge is 0.501 e. The Morgan fingerprint density at radius 2 is 1.78 bits per heavy atom. The van der Waals surface area contributed by atoms with Gasteiger partial charge in [0.2, 0.25) is 6.29 Å². The van der Waals surface area contributed by atoms with E-state index in [0.29, 0.717) is 30.1 Å². The molecule has 1 aromatic rings. The maximum Gasteiger partial charge on any atom is 0.228 e. The molecule has 3 N–H and O–H groups in total. The van der Waals surface area contributed by atoms with Crippen LogP contribution >= 0.6 is 8.15 Å². The minimum absolute atomic E-state index is 0.0974. The topological polar surface area (TPSA) is 88.4 Å². The second kappa shape index (κ2) is 16.8. The number of benzene rings is 1. The zero-order chi connectivity index (χ0) is 28.1. The van der Waals surface area contributed by atoms with Gasteiger partial charge in [-0.25, -0.2) is 13.2 Å². The molecule has 5 unspecified atom stereocenters. The molecule has 0 saturated carbocycles. The summed E-state index contributed by atoms with van der Waals surface area (Å²) in [5, 5.41) is 20.5. The summed E-state index contributed by atoms with van der Waals surface area (Å²) in [5.41, 5.74) is -0.373. The molecular weight excluding hydrogens is 508 g/mol. The van der Waals surface area contributed by atoms with Gasteiger partial charge in [-0.3, -0.25) is 0 Å². The van der Waals surface area contributed by atoms with Gasteiger partial charge in [-0.1, -0.05) is 34.3 Å². The highest BCUT2D eigenvalue weighted by atomic mass is 31.1. The van der Waals surface area contributed by atoms with Gasteiger partial charge in [-0.2, -0.15) is 0 Å². The van der Waals surface area contributed by atoms with Crippen molar-refractivity contribution in [2.45, 2.75) is 77.7 Å². The fraction of sp³-hybridized carbons (Fsp3) is 0.556. The van der Waals surface area contributed by atoms with E-state index in [1.54, 1.807) is 19.3 Å². The van der Waals surface area contributed by atoms with E-state index in [0.717, 1.165) is 5.92 Å². The number of aliphatic hydroxyl groups is 2. The normalized spacial score (nSPS) is 23.2. The van der Waals surface area contributed by atoms with Gasteiger partial charge in [0, 0.05) is 44.8 Å². The minimum Gasteiger partial charge on any atom is -0.501 e. The third kappa shape index (κ3) is 12.0. The number of allylic oxidation sites excluding steroid dienone is 4. The molecule has 1 saturated heterocycles. The highest BCUT2D eigenvalue weighted by Gasteiger charge is 2.38. The molecule has 1 aromatic carbocycles. The first kappa shape index (κ1) is 33.1. The summed E-state index contributed by atoms with van der Waals surface area (Å²) in [6.45, 7) is 12.1. The Kier molecular flexibility index (Phi) is 15.1. The van der Waals surface area contributed by atoms with Crippen LogP contribution in [0.25, 0.3) is 0 Å². The molecule has 1 aliphatic rings. The van der Waals surface area contributed by atoms with Crippen molar-refractivity contribution in [2.75, 3.05) is 13.3 Å². The Hall–Kier alpha value is -1.90. The monoisotopic (exact) mass is 548 g/mol. The number of halogens is 3. The maximum atomic E-state index is 13.8. The van der Waals surface area contributed by atoms with E-state index < -0.39 is 50.2 Å². The molecule has 5 atom stereocenters. The summed E-state index contributed by atoms with van der Waals surface area (Å²) in [7, 11) is -0.274. The van der Waals surface area contributed by atoms with Gasteiger partial charge in [0.25, 0.3) is 0 Å². The highest BCUT2D eigenvalue weighted by molar-refractivity contribution is 7.50. The van der Waals surface area contributed by atoms with Crippen molar-refractivity contribution < 1.29 is 42.5 Å². The van der Waals surface area contributed by atoms with Crippen LogP contribution in [0.3, 0.4) is 0 Å². The van der Waals surface area contributed by atoms with Crippen LogP contribution in [0.5, 0.6) is 0 Å². The molecule has 37 heavy (non-hydrogen) atoms. The smallest absolute Gasteiger partial charge is 0.228 e. The van der Waals surface area contributed by atoms with Crippen molar-refractivity contribution in [2.24, 2.45) is 5.92 Å². The Morgan fingerprint density at radius 1 is 1.19 bits per heavy atom. The van der Waals surface area contributed by atoms with Crippen LogP contribution in [-0.4, -0.2) is 53.0 Å². The second-order valence-electron chi connectivity index (χ2n) is 9.26. The Bertz CT molecular complexity index is 876. The molecule has 2 rings (SSSR count). The van der Waals surface area contributed by atoms with Gasteiger partial charge in [0.15, 0.2) is 0 Å². The van der Waals surface area contributed by atoms with Crippen molar-refractivity contribution in [3.8, 4) is 0 Å². The molecule has 0 aromatic heterocycles. The lowest BCUT2D eigenvalue weighted by molar-refractivity contribution is -0.252. The number of rotatable bonds is 11. The standard InChI is InChI=1S/C23H30F3O6P.C4H10/c1-4-15(30-3)6-7-16(5-2)31-23-22(28)21(27)12-17(32-23)8-9-33(29)13-18-19(25)10-14(24)11-20(18)26;1-4(2)3/h5-7,10-11,17,21-23,27-29H,2,4,8-9,12-13H2,1,3H3;4H,1-3H3/b15-6+,16-7+;. The van der Waals surface area contributed by atoms with Gasteiger partial charge in [-0.05, 0) is 36.7 Å². The Morgan fingerprint density at radius 3 is 2.30 bits per heavy atom. The summed E-state index contributed by atoms with van der Waals surface area (Å²) >= 11 is 0. The van der Waals surface area contributed by atoms with E-state index in [4.69, 9.17) is 14.2 Å². The summed E-state index contributed by atoms with van der Waals surface area (Å²) in [6.07, 6.45) is 1.42. The van der Waals surface area contributed by atoms with E-state index in [2.05, 4.69) is 27.4 Å². The van der Waals surface area contributed by atoms with Gasteiger partial charge in [-0.15, -0.1) is 0 Å². The van der Waals surface area contributed by atoms with Gasteiger partial charge < -0.3 is 29.3 Å². The molecule has 1 aliphatic heterocycles. The predicted octanol–water partition coefficient (Wildman–Crippen LogP) is 5.91. The number of ether oxygens (including phenoxy) is 3. The van der Waals surface area contributed by atoms with Gasteiger partial charge in [0.1, 0.15) is 29.3 Å². The number of methoxy groups -OCH3 is 1. The van der Waals surface area contributed by atoms with Crippen LogP contribution < -0.4 is 0 Å². The third-order valence-electron chi connectivity index (χ3n) is 5.16. The van der Waals surface area contributed by atoms with E-state index in [-0.39, 0.29) is 30.7 Å². The highest BCUT2D eigenvalue weighted by Crippen LogP contribution is 2.39. The van der Waals surface area contributed by atoms with Gasteiger partial charge >= 0.3 is 0 Å². The second-order valence-corrected chi connectivity index (χ2v) is 11.0. The van der Waals surface area contributed by atoms with Crippen LogP contribution in [0.4, 0.5) is 13.2 Å². The van der Waals surface area contributed by atoms with Crippen LogP contribution in [-0.2, 0) is 20.4 Å². The van der Waals surface area contributed by atoms with Crippen LogP contribution in [0.15, 0.2) is 48.5 Å². The van der Waals surface area contributed by atoms with Crippen molar-refractivity contribution in [1.82, 2.24) is 0 Å². The van der Waals surface area contributed by atoms with E-state index >= 15 is 0 Å². The van der Waals surface area contributed by atoms with E-state index in [1.807, 2.05) is 6.92 Å². The first-order valence-corrected chi connectivity index (χ1v) is 13.9. The summed E-state index contributed by atoms with van der Waals surface area (Å²) in [4.78, 5) is 10.3. The average Bonchev–Trinajstić information content (AvgIpc) is 2.82. The molecule has 0 amide bonds. The molecule has 6 nitrogen and oxygen atoms in total. The lowest BCUT2D eigenvalue weighted by atomic mass is 10.0. The quantitative estimate of drug-likeness (QED) is 0.181. The fourth-order valence-corrected chi connectivity index (χ4v) is 4.68. The van der Waals surface area contributed by atoms with Crippen molar-refractivity contribution in [3.63, 3.8) is 0 Å². The molecule has 1 fully saturated rings. The molecule has 0 radical (unpaired) electrons. The van der Waals surface area contributed by atoms with Crippen molar-refractivity contribution >= 4 is 8.15 Å². The average molecular weight is 549 g/mol. The zero-order valence-corrected chi connectivity index (χ0v) is 23.1. The fourth-order valence-electron chi connectivity index (χ4n) is 3.27. The zero-order valence-electron chi connectivity index (χ0n) is 22.2. The molecule has 0 bridgehead atoms. The molecule has 0 spiro atoms. The van der Waals surface area contributed by atoms with Crippen molar-refractivity contribution in [3.05, 3.63) is 71.5 Å². The lowest BCUT2D eigenvalue weighted by Crippen LogP contribution is -2.49. The third-order valence-corrected chi connectivity index (χ3v) is 6.61. The van der Waals surface area contributed by atoms with E-state index in [9.17, 15) is 28.3 Å². The van der Waals surface area contributed by atoms with Crippen LogP contribution in [0.1, 0.15) is 52.5 Å². The predicted molar refractivity (Wildman–Crippen MR) is 139 cm³/mol. The molecule has 10 heteroatoms.